The first-order chi connectivity index (χ1) is 15.8. The number of halogens is 3. The number of nitrogen functional groups attached to an aromatic ring is 2. The number of hydrogen-bond acceptors (Lipinski definition) is 8. The summed E-state index contributed by atoms with van der Waals surface area (Å²) in [5.41, 5.74) is 9.95. The third-order valence-corrected chi connectivity index (χ3v) is 4.77. The number of fused-ring (bicyclic) bond motifs is 1. The van der Waals surface area contributed by atoms with Crippen molar-refractivity contribution >= 4 is 28.5 Å². The monoisotopic (exact) mass is 452 g/mol. The summed E-state index contributed by atoms with van der Waals surface area (Å²) in [4.78, 5) is 24.9. The lowest BCUT2D eigenvalue weighted by molar-refractivity contribution is 0.610. The molecular weight excluding hydrogens is 437 g/mol. The molecule has 4 rings (SSSR count). The number of nitrogens with one attached hydrogen (secondary N) is 1. The van der Waals surface area contributed by atoms with Crippen molar-refractivity contribution in [2.45, 2.75) is 6.42 Å². The molecule has 0 atom stereocenters. The van der Waals surface area contributed by atoms with Gasteiger partial charge in [0, 0.05) is 13.0 Å². The van der Waals surface area contributed by atoms with Crippen molar-refractivity contribution in [2.75, 3.05) is 23.3 Å². The summed E-state index contributed by atoms with van der Waals surface area (Å²) >= 11 is 0. The third-order valence-electron chi connectivity index (χ3n) is 4.77. The van der Waals surface area contributed by atoms with Gasteiger partial charge in [-0.25, -0.2) is 18.2 Å². The zero-order valence-electron chi connectivity index (χ0n) is 16.8. The largest absolute Gasteiger partial charge is 0.382 e. The topological polar surface area (TPSA) is 149 Å². The van der Waals surface area contributed by atoms with Gasteiger partial charge in [0.25, 0.3) is 5.56 Å². The van der Waals surface area contributed by atoms with Crippen LogP contribution >= 0.6 is 0 Å². The van der Waals surface area contributed by atoms with Gasteiger partial charge in [-0.3, -0.25) is 9.36 Å². The Balaban J connectivity index is 1.80. The average Bonchev–Trinajstić information content (AvgIpc) is 2.76. The second-order valence-electron chi connectivity index (χ2n) is 6.88. The summed E-state index contributed by atoms with van der Waals surface area (Å²) in [6, 6.07) is 8.61. The molecule has 0 saturated carbocycles. The minimum absolute atomic E-state index is 0.0172. The maximum atomic E-state index is 14.4. The minimum atomic E-state index is -0.954. The number of nitrogens with zero attached hydrogens (tertiary/aromatic N) is 5. The second-order valence-corrected chi connectivity index (χ2v) is 6.88. The molecular formula is C21H15F3N8O. The van der Waals surface area contributed by atoms with E-state index in [0.717, 1.165) is 22.8 Å². The third kappa shape index (κ3) is 3.99. The zero-order valence-corrected chi connectivity index (χ0v) is 16.8. The molecule has 0 amide bonds. The molecule has 0 unspecified atom stereocenters. The first kappa shape index (κ1) is 21.6. The van der Waals surface area contributed by atoms with Gasteiger partial charge in [0.15, 0.2) is 5.82 Å². The standard InChI is InChI=1S/C21H15F3N8O/c22-10-2-1-3-11(8-10)32-15(29-17-14(24)5-4-13(23)16(17)20(32)33)6-7-28-19-12(9-25)18(26)30-21(27)31-19/h1-5,8H,6-7H2,(H5,26,27,28,30,31). The number of anilines is 3. The van der Waals surface area contributed by atoms with Gasteiger partial charge in [0.2, 0.25) is 5.95 Å². The predicted molar refractivity (Wildman–Crippen MR) is 115 cm³/mol. The molecule has 166 valence electrons. The number of hydrogen-bond donors (Lipinski definition) is 3. The highest BCUT2D eigenvalue weighted by molar-refractivity contribution is 5.79. The lowest BCUT2D eigenvalue weighted by atomic mass is 10.2. The lowest BCUT2D eigenvalue weighted by Gasteiger charge is -2.15. The van der Waals surface area contributed by atoms with Crippen LogP contribution in [0.2, 0.25) is 0 Å². The molecule has 9 nitrogen and oxygen atoms in total. The van der Waals surface area contributed by atoms with E-state index >= 15 is 0 Å². The highest BCUT2D eigenvalue weighted by atomic mass is 19.1. The van der Waals surface area contributed by atoms with Crippen molar-refractivity contribution < 1.29 is 13.2 Å². The molecule has 2 aromatic heterocycles. The number of aromatic nitrogens is 4. The summed E-state index contributed by atoms with van der Waals surface area (Å²) in [7, 11) is 0. The first-order valence-electron chi connectivity index (χ1n) is 9.52. The fraction of sp³-hybridized carbons (Fsp3) is 0.0952. The first-order valence-corrected chi connectivity index (χ1v) is 9.52. The van der Waals surface area contributed by atoms with Crippen molar-refractivity contribution in [1.82, 2.24) is 19.5 Å². The second kappa shape index (κ2) is 8.46. The fourth-order valence-corrected chi connectivity index (χ4v) is 3.34. The highest BCUT2D eigenvalue weighted by Gasteiger charge is 2.19. The Morgan fingerprint density at radius 2 is 1.82 bits per heavy atom. The number of rotatable bonds is 5. The highest BCUT2D eigenvalue weighted by Crippen LogP contribution is 2.21. The van der Waals surface area contributed by atoms with Crippen molar-refractivity contribution in [1.29, 1.82) is 5.26 Å². The Kier molecular flexibility index (Phi) is 5.53. The Hall–Kier alpha value is -4.66. The molecule has 2 heterocycles. The van der Waals surface area contributed by atoms with Gasteiger partial charge in [0.05, 0.1) is 5.69 Å². The molecule has 2 aromatic carbocycles. The van der Waals surface area contributed by atoms with Gasteiger partial charge < -0.3 is 16.8 Å². The van der Waals surface area contributed by atoms with E-state index in [2.05, 4.69) is 20.3 Å². The molecule has 0 spiro atoms. The molecule has 0 radical (unpaired) electrons. The SMILES string of the molecule is N#Cc1c(N)nc(N)nc1NCCc1nc2c(F)ccc(F)c2c(=O)n1-c1cccc(F)c1. The quantitative estimate of drug-likeness (QED) is 0.418. The maximum absolute atomic E-state index is 14.4. The van der Waals surface area contributed by atoms with Crippen molar-refractivity contribution in [3.05, 3.63) is 75.6 Å². The molecule has 0 aliphatic carbocycles. The molecule has 12 heteroatoms. The molecule has 33 heavy (non-hydrogen) atoms. The average molecular weight is 452 g/mol. The Morgan fingerprint density at radius 3 is 2.55 bits per heavy atom. The lowest BCUT2D eigenvalue weighted by Crippen LogP contribution is -2.26. The summed E-state index contributed by atoms with van der Waals surface area (Å²) in [5, 5.41) is 11.6. The molecule has 0 fully saturated rings. The Bertz CT molecular complexity index is 1500. The van der Waals surface area contributed by atoms with Crippen LogP contribution < -0.4 is 22.3 Å². The summed E-state index contributed by atoms with van der Waals surface area (Å²) in [6.07, 6.45) is -0.0215. The molecule has 0 aliphatic heterocycles. The number of nitrogens with two attached hydrogens (primary N) is 2. The number of nitriles is 1. The minimum Gasteiger partial charge on any atom is -0.382 e. The van der Waals surface area contributed by atoms with Crippen LogP contribution in [0.4, 0.5) is 30.8 Å². The van der Waals surface area contributed by atoms with Crippen LogP contribution in [0.25, 0.3) is 16.6 Å². The molecule has 5 N–H and O–H groups in total. The summed E-state index contributed by atoms with van der Waals surface area (Å²) in [5.74, 6) is -2.67. The maximum Gasteiger partial charge on any atom is 0.269 e. The molecule has 0 bridgehead atoms. The van der Waals surface area contributed by atoms with Gasteiger partial charge in [0.1, 0.15) is 51.6 Å². The summed E-state index contributed by atoms with van der Waals surface area (Å²) < 4.78 is 43.6. The molecule has 0 saturated heterocycles. The van der Waals surface area contributed by atoms with Crippen LogP contribution in [0.5, 0.6) is 0 Å². The van der Waals surface area contributed by atoms with Gasteiger partial charge in [-0.2, -0.15) is 15.2 Å². The van der Waals surface area contributed by atoms with E-state index in [-0.39, 0.29) is 47.6 Å². The van der Waals surface area contributed by atoms with Crippen LogP contribution in [0, 0.1) is 28.8 Å². The van der Waals surface area contributed by atoms with Gasteiger partial charge in [-0.1, -0.05) is 6.07 Å². The van der Waals surface area contributed by atoms with Crippen LogP contribution in [0.3, 0.4) is 0 Å². The predicted octanol–water partition coefficient (Wildman–Crippen LogP) is 2.28. The van der Waals surface area contributed by atoms with Crippen molar-refractivity contribution in [3.63, 3.8) is 0 Å². The molecule has 4 aromatic rings. The van der Waals surface area contributed by atoms with Crippen molar-refractivity contribution in [2.24, 2.45) is 0 Å². The van der Waals surface area contributed by atoms with E-state index in [9.17, 15) is 23.2 Å². The van der Waals surface area contributed by atoms with E-state index in [4.69, 9.17) is 11.5 Å². The van der Waals surface area contributed by atoms with E-state index in [1.165, 1.54) is 18.2 Å². The van der Waals surface area contributed by atoms with E-state index < -0.39 is 33.9 Å². The van der Waals surface area contributed by atoms with E-state index in [1.807, 2.05) is 6.07 Å². The van der Waals surface area contributed by atoms with Crippen molar-refractivity contribution in [3.8, 4) is 11.8 Å². The smallest absolute Gasteiger partial charge is 0.269 e. The normalized spacial score (nSPS) is 10.8. The van der Waals surface area contributed by atoms with E-state index in [1.54, 1.807) is 0 Å². The molecule has 0 aliphatic rings. The zero-order chi connectivity index (χ0) is 23.7. The van der Waals surface area contributed by atoms with E-state index in [0.29, 0.717) is 0 Å². The van der Waals surface area contributed by atoms with Crippen LogP contribution in [-0.2, 0) is 6.42 Å². The van der Waals surface area contributed by atoms with Crippen LogP contribution in [-0.4, -0.2) is 26.1 Å². The van der Waals surface area contributed by atoms with Crippen LogP contribution in [0.1, 0.15) is 11.4 Å². The number of benzene rings is 2. The van der Waals surface area contributed by atoms with Gasteiger partial charge in [-0.15, -0.1) is 0 Å². The Morgan fingerprint density at radius 1 is 1.06 bits per heavy atom. The Labute approximate surface area is 184 Å². The summed E-state index contributed by atoms with van der Waals surface area (Å²) in [6.45, 7) is 0.0365. The fourth-order valence-electron chi connectivity index (χ4n) is 3.34. The van der Waals surface area contributed by atoms with Crippen LogP contribution in [0.15, 0.2) is 41.2 Å². The van der Waals surface area contributed by atoms with Gasteiger partial charge >= 0.3 is 0 Å². The van der Waals surface area contributed by atoms with Gasteiger partial charge in [-0.05, 0) is 30.3 Å².